The Morgan fingerprint density at radius 2 is 2.18 bits per heavy atom. The van der Waals surface area contributed by atoms with Gasteiger partial charge in [0.05, 0.1) is 0 Å². The molecule has 0 rings (SSSR count). The van der Waals surface area contributed by atoms with Gasteiger partial charge in [-0.05, 0) is 0 Å². The average molecular weight is 326 g/mol. The van der Waals surface area contributed by atoms with E-state index in [-0.39, 0.29) is 9.72 Å². The zero-order chi connectivity index (χ0) is 8.85. The summed E-state index contributed by atoms with van der Waals surface area (Å²) < 4.78 is 16.1. The van der Waals surface area contributed by atoms with Gasteiger partial charge in [-0.3, -0.25) is 0 Å². The van der Waals surface area contributed by atoms with Crippen LogP contribution in [0.5, 0.6) is 0 Å². The fourth-order valence-electron chi connectivity index (χ4n) is 0.365. The SMILES string of the molecule is C=C(C=C[C](F)=[W])C(=O)OC. The first-order valence-corrected chi connectivity index (χ1v) is 4.19. The molecular weight excluding hydrogens is 319 g/mol. The van der Waals surface area contributed by atoms with Crippen LogP contribution < -0.4 is 0 Å². The van der Waals surface area contributed by atoms with E-state index in [2.05, 4.69) is 11.3 Å². The van der Waals surface area contributed by atoms with Gasteiger partial charge in [-0.25, -0.2) is 0 Å². The molecule has 0 fully saturated rings. The fourth-order valence-corrected chi connectivity index (χ4v) is 0.610. The molecule has 0 aromatic carbocycles. The summed E-state index contributed by atoms with van der Waals surface area (Å²) in [6, 6.07) is 0. The second-order valence-electron chi connectivity index (χ2n) is 1.65. The first kappa shape index (κ1) is 10.4. The molecule has 0 aliphatic carbocycles. The summed E-state index contributed by atoms with van der Waals surface area (Å²) in [6.45, 7) is 3.37. The van der Waals surface area contributed by atoms with Gasteiger partial charge < -0.3 is 0 Å². The van der Waals surface area contributed by atoms with Crippen molar-refractivity contribution in [2.24, 2.45) is 0 Å². The van der Waals surface area contributed by atoms with Crippen molar-refractivity contribution in [2.45, 2.75) is 0 Å². The monoisotopic (exact) mass is 326 g/mol. The summed E-state index contributed by atoms with van der Waals surface area (Å²) in [5, 5.41) is 0. The summed E-state index contributed by atoms with van der Waals surface area (Å²) in [4.78, 5) is 10.6. The predicted molar refractivity (Wildman–Crippen MR) is 36.4 cm³/mol. The number of carbonyl (C=O) groups excluding carboxylic acids is 1. The third-order valence-corrected chi connectivity index (χ3v) is 1.35. The van der Waals surface area contributed by atoms with Crippen molar-refractivity contribution in [2.75, 3.05) is 7.11 Å². The molecule has 0 aliphatic rings. The average Bonchev–Trinajstić information content (AvgIpc) is 1.98. The molecule has 0 spiro atoms. The molecule has 0 saturated heterocycles. The van der Waals surface area contributed by atoms with E-state index in [1.54, 1.807) is 0 Å². The number of hydrogen-bond acceptors (Lipinski definition) is 2. The fraction of sp³-hybridized carbons (Fsp3) is 0.143. The molecule has 0 saturated carbocycles. The molecule has 0 N–H and O–H groups in total. The van der Waals surface area contributed by atoms with Crippen molar-refractivity contribution in [3.05, 3.63) is 24.3 Å². The predicted octanol–water partition coefficient (Wildman–Crippen LogP) is 0.918. The molecule has 0 bridgehead atoms. The Bertz CT molecular complexity index is 220. The van der Waals surface area contributed by atoms with E-state index in [1.807, 2.05) is 0 Å². The Morgan fingerprint density at radius 3 is 2.55 bits per heavy atom. The maximum absolute atomic E-state index is 12.1. The van der Waals surface area contributed by atoms with E-state index >= 15 is 0 Å². The van der Waals surface area contributed by atoms with E-state index in [1.165, 1.54) is 19.3 Å². The van der Waals surface area contributed by atoms with Crippen molar-refractivity contribution in [1.29, 1.82) is 0 Å². The van der Waals surface area contributed by atoms with Gasteiger partial charge in [0.2, 0.25) is 0 Å². The molecule has 60 valence electrons. The van der Waals surface area contributed by atoms with Crippen molar-refractivity contribution in [3.8, 4) is 0 Å². The topological polar surface area (TPSA) is 26.3 Å². The summed E-state index contributed by atoms with van der Waals surface area (Å²) in [6.07, 6.45) is 2.47. The van der Waals surface area contributed by atoms with E-state index < -0.39 is 5.97 Å². The van der Waals surface area contributed by atoms with Crippen molar-refractivity contribution < 1.29 is 33.3 Å². The minimum atomic E-state index is -0.544. The number of rotatable bonds is 3. The molecule has 11 heavy (non-hydrogen) atoms. The molecule has 0 amide bonds. The molecule has 0 radical (unpaired) electrons. The zero-order valence-corrected chi connectivity index (χ0v) is 8.90. The maximum atomic E-state index is 12.1. The van der Waals surface area contributed by atoms with Crippen LogP contribution in [0.3, 0.4) is 0 Å². The van der Waals surface area contributed by atoms with Crippen LogP contribution in [0.15, 0.2) is 24.3 Å². The van der Waals surface area contributed by atoms with Crippen LogP contribution in [-0.2, 0) is 28.9 Å². The molecule has 0 atom stereocenters. The quantitative estimate of drug-likeness (QED) is 0.438. The first-order chi connectivity index (χ1) is 5.07. The summed E-state index contributed by atoms with van der Waals surface area (Å²) in [7, 11) is 1.25. The Hall–Kier alpha value is -0.562. The van der Waals surface area contributed by atoms with Crippen LogP contribution in [0.2, 0.25) is 0 Å². The first-order valence-electron chi connectivity index (χ1n) is 2.72. The Morgan fingerprint density at radius 1 is 1.64 bits per heavy atom. The number of ether oxygens (including phenoxy) is 1. The van der Waals surface area contributed by atoms with Crippen LogP contribution in [-0.4, -0.2) is 17.2 Å². The molecule has 0 aromatic heterocycles. The van der Waals surface area contributed by atoms with Gasteiger partial charge in [0.15, 0.2) is 0 Å². The van der Waals surface area contributed by atoms with E-state index in [0.717, 1.165) is 0 Å². The molecule has 0 heterocycles. The van der Waals surface area contributed by atoms with Crippen molar-refractivity contribution >= 4 is 10.1 Å². The molecular formula is C7H7FO2W. The number of allylic oxidation sites excluding steroid dienone is 1. The van der Waals surface area contributed by atoms with Gasteiger partial charge in [0.25, 0.3) is 0 Å². The van der Waals surface area contributed by atoms with Gasteiger partial charge in [0, 0.05) is 0 Å². The molecule has 4 heteroatoms. The van der Waals surface area contributed by atoms with Gasteiger partial charge in [-0.1, -0.05) is 0 Å². The number of carbonyl (C=O) groups is 1. The number of hydrogen-bond donors (Lipinski definition) is 0. The van der Waals surface area contributed by atoms with Crippen LogP contribution >= 0.6 is 0 Å². The third kappa shape index (κ3) is 4.79. The van der Waals surface area contributed by atoms with Crippen LogP contribution in [0.4, 0.5) is 4.39 Å². The van der Waals surface area contributed by atoms with Gasteiger partial charge in [-0.2, -0.15) is 0 Å². The number of methoxy groups -OCH3 is 1. The normalized spacial score (nSPS) is 9.64. The van der Waals surface area contributed by atoms with Gasteiger partial charge in [-0.15, -0.1) is 0 Å². The number of esters is 1. The molecule has 0 aliphatic heterocycles. The Kier molecular flexibility index (Phi) is 4.87. The van der Waals surface area contributed by atoms with Gasteiger partial charge in [0.1, 0.15) is 0 Å². The standard InChI is InChI=1S/C7H7FO2.W/c1-6(4-3-5-8)7(9)10-2;/h3-4H,1H2,2H3;. The van der Waals surface area contributed by atoms with Crippen molar-refractivity contribution in [3.63, 3.8) is 0 Å². The van der Waals surface area contributed by atoms with Crippen LogP contribution in [0.1, 0.15) is 0 Å². The second-order valence-corrected chi connectivity index (χ2v) is 3.06. The molecule has 2 nitrogen and oxygen atoms in total. The van der Waals surface area contributed by atoms with Crippen LogP contribution in [0.25, 0.3) is 0 Å². The summed E-state index contributed by atoms with van der Waals surface area (Å²) in [5.74, 6) is -0.544. The van der Waals surface area contributed by atoms with E-state index in [9.17, 15) is 9.18 Å². The van der Waals surface area contributed by atoms with Crippen molar-refractivity contribution in [1.82, 2.24) is 0 Å². The minimum absolute atomic E-state index is 0.143. The van der Waals surface area contributed by atoms with E-state index in [4.69, 9.17) is 0 Å². The van der Waals surface area contributed by atoms with Gasteiger partial charge >= 0.3 is 74.8 Å². The molecule has 0 unspecified atom stereocenters. The second kappa shape index (κ2) is 5.14. The summed E-state index contributed by atoms with van der Waals surface area (Å²) in [5.41, 5.74) is 0.143. The van der Waals surface area contributed by atoms with Crippen LogP contribution in [0, 0.1) is 0 Å². The Balaban J connectivity index is 4.08. The zero-order valence-electron chi connectivity index (χ0n) is 5.96. The summed E-state index contributed by atoms with van der Waals surface area (Å²) >= 11 is 0.717. The molecule has 0 aromatic rings. The van der Waals surface area contributed by atoms with E-state index in [0.29, 0.717) is 19.4 Å². The third-order valence-electron chi connectivity index (χ3n) is 0.863. The Labute approximate surface area is 75.1 Å². The number of halogens is 1.